The number of hydrogen-bond acceptors (Lipinski definition) is 7. The molecule has 0 radical (unpaired) electrons. The molecule has 0 bridgehead atoms. The number of anilines is 1. The fraction of sp³-hybridized carbons (Fsp3) is 0.353. The summed E-state index contributed by atoms with van der Waals surface area (Å²) in [5.41, 5.74) is 12.5. The Morgan fingerprint density at radius 3 is 1.98 bits per heavy atom. The average molecular weight is 580 g/mol. The molecule has 43 heavy (non-hydrogen) atoms. The zero-order chi connectivity index (χ0) is 30.6. The van der Waals surface area contributed by atoms with Crippen LogP contribution in [0.1, 0.15) is 85.0 Å². The molecule has 3 aromatic carbocycles. The highest BCUT2D eigenvalue weighted by Crippen LogP contribution is 2.48. The van der Waals surface area contributed by atoms with Crippen LogP contribution in [0.4, 0.5) is 10.1 Å². The van der Waals surface area contributed by atoms with Gasteiger partial charge in [0.2, 0.25) is 12.2 Å². The van der Waals surface area contributed by atoms with Gasteiger partial charge < -0.3 is 5.73 Å². The molecule has 0 spiro atoms. The summed E-state index contributed by atoms with van der Waals surface area (Å²) in [5, 5.41) is 6.33. The SMILES string of the molecule is CC(N=C=O)c1ccc2c(c1)CCc1cc(C(C)N=C=O)ccc1C2(CCCCN)C1=NN(c2ccc(F)cc2)C(=O)C1. The molecule has 8 nitrogen and oxygen atoms in total. The Labute approximate surface area is 250 Å². The van der Waals surface area contributed by atoms with Gasteiger partial charge in [0.15, 0.2) is 0 Å². The molecule has 2 atom stereocenters. The third-order valence-corrected chi connectivity index (χ3v) is 8.64. The molecule has 5 rings (SSSR count). The zero-order valence-electron chi connectivity index (χ0n) is 24.3. The van der Waals surface area contributed by atoms with Crippen molar-refractivity contribution in [3.8, 4) is 0 Å². The summed E-state index contributed by atoms with van der Waals surface area (Å²) in [6, 6.07) is 17.4. The molecule has 0 fully saturated rings. The van der Waals surface area contributed by atoms with Gasteiger partial charge >= 0.3 is 0 Å². The van der Waals surface area contributed by atoms with Crippen LogP contribution in [0.3, 0.4) is 0 Å². The zero-order valence-corrected chi connectivity index (χ0v) is 24.3. The fourth-order valence-corrected chi connectivity index (χ4v) is 6.42. The molecular formula is C34H34FN5O3. The molecule has 1 aliphatic carbocycles. The van der Waals surface area contributed by atoms with Crippen molar-refractivity contribution < 1.29 is 18.8 Å². The fourth-order valence-electron chi connectivity index (χ4n) is 6.42. The van der Waals surface area contributed by atoms with E-state index in [0.29, 0.717) is 37.2 Å². The third kappa shape index (κ3) is 5.75. The van der Waals surface area contributed by atoms with Gasteiger partial charge in [0.25, 0.3) is 5.91 Å². The van der Waals surface area contributed by atoms with Crippen LogP contribution in [0.5, 0.6) is 0 Å². The molecule has 1 amide bonds. The predicted octanol–water partition coefficient (Wildman–Crippen LogP) is 5.93. The van der Waals surface area contributed by atoms with Crippen molar-refractivity contribution >= 4 is 29.5 Å². The lowest BCUT2D eigenvalue weighted by molar-refractivity contribution is -0.116. The Bertz CT molecular complexity index is 1580. The van der Waals surface area contributed by atoms with E-state index < -0.39 is 11.2 Å². The van der Waals surface area contributed by atoms with Gasteiger partial charge in [0.1, 0.15) is 5.82 Å². The molecule has 2 N–H and O–H groups in total. The summed E-state index contributed by atoms with van der Waals surface area (Å²) in [4.78, 5) is 43.4. The second-order valence-electron chi connectivity index (χ2n) is 11.2. The van der Waals surface area contributed by atoms with Crippen LogP contribution in [-0.4, -0.2) is 30.3 Å². The van der Waals surface area contributed by atoms with Gasteiger partial charge in [-0.05, 0) is 104 Å². The minimum atomic E-state index is -0.758. The minimum absolute atomic E-state index is 0.0973. The van der Waals surface area contributed by atoms with E-state index in [1.165, 1.54) is 17.1 Å². The van der Waals surface area contributed by atoms with Crippen molar-refractivity contribution in [3.05, 3.63) is 99.9 Å². The van der Waals surface area contributed by atoms with Crippen LogP contribution >= 0.6 is 0 Å². The van der Waals surface area contributed by atoms with Crippen LogP contribution in [0.15, 0.2) is 75.7 Å². The monoisotopic (exact) mass is 579 g/mol. The topological polar surface area (TPSA) is 118 Å². The van der Waals surface area contributed by atoms with Gasteiger partial charge in [0, 0.05) is 0 Å². The number of hydrazone groups is 1. The maximum absolute atomic E-state index is 13.7. The average Bonchev–Trinajstić information content (AvgIpc) is 3.34. The van der Waals surface area contributed by atoms with E-state index in [1.54, 1.807) is 24.3 Å². The van der Waals surface area contributed by atoms with Crippen LogP contribution < -0.4 is 10.7 Å². The van der Waals surface area contributed by atoms with Crippen molar-refractivity contribution in [2.45, 2.75) is 69.9 Å². The Balaban J connectivity index is 1.76. The molecule has 0 aromatic heterocycles. The maximum atomic E-state index is 13.7. The van der Waals surface area contributed by atoms with Crippen LogP contribution in [-0.2, 0) is 32.6 Å². The lowest BCUT2D eigenvalue weighted by atomic mass is 9.65. The molecule has 9 heteroatoms. The molecular weight excluding hydrogens is 545 g/mol. The van der Waals surface area contributed by atoms with Gasteiger partial charge in [0.05, 0.1) is 35.3 Å². The first-order valence-electron chi connectivity index (χ1n) is 14.6. The van der Waals surface area contributed by atoms with E-state index in [4.69, 9.17) is 10.8 Å². The standard InChI is InChI=1S/C34H34FN5O3/c1-22(37-20-41)24-7-13-30-26(17-24)5-6-27-18-25(23(2)38-21-42)8-14-31(27)34(30,15-3-4-16-36)32-19-33(43)40(39-32)29-11-9-28(35)10-12-29/h7-14,17-18,22-23H,3-6,15-16,19,36H2,1-2H3. The Morgan fingerprint density at radius 2 is 1.47 bits per heavy atom. The molecule has 0 saturated heterocycles. The number of unbranched alkanes of at least 4 members (excludes halogenated alkanes) is 1. The number of hydrogen-bond donors (Lipinski definition) is 1. The molecule has 3 aromatic rings. The summed E-state index contributed by atoms with van der Waals surface area (Å²) >= 11 is 0. The number of rotatable bonds is 10. The lowest BCUT2D eigenvalue weighted by Gasteiger charge is -2.37. The molecule has 1 aliphatic heterocycles. The minimum Gasteiger partial charge on any atom is -0.330 e. The van der Waals surface area contributed by atoms with Crippen LogP contribution in [0, 0.1) is 5.82 Å². The van der Waals surface area contributed by atoms with E-state index >= 15 is 0 Å². The molecule has 2 aliphatic rings. The lowest BCUT2D eigenvalue weighted by Crippen LogP contribution is -2.38. The van der Waals surface area contributed by atoms with E-state index in [2.05, 4.69) is 34.3 Å². The van der Waals surface area contributed by atoms with Crippen molar-refractivity contribution in [2.75, 3.05) is 11.6 Å². The number of aliphatic imine (C=N–C) groups is 2. The molecule has 1 heterocycles. The van der Waals surface area contributed by atoms with Crippen molar-refractivity contribution in [3.63, 3.8) is 0 Å². The first-order valence-corrected chi connectivity index (χ1v) is 14.6. The van der Waals surface area contributed by atoms with E-state index in [1.807, 2.05) is 26.0 Å². The molecule has 0 saturated carbocycles. The van der Waals surface area contributed by atoms with Crippen molar-refractivity contribution in [1.82, 2.24) is 0 Å². The highest BCUT2D eigenvalue weighted by Gasteiger charge is 2.47. The normalized spacial score (nSPS) is 18.8. The first kappa shape index (κ1) is 29.9. The smallest absolute Gasteiger partial charge is 0.253 e. The number of aryl methyl sites for hydroxylation is 2. The molecule has 2 unspecified atom stereocenters. The number of isocyanates is 2. The van der Waals surface area contributed by atoms with E-state index in [-0.39, 0.29) is 24.4 Å². The Hall–Kier alpha value is -4.55. The summed E-state index contributed by atoms with van der Waals surface area (Å²) in [5.74, 6) is -0.583. The number of nitrogens with two attached hydrogens (primary N) is 1. The number of nitrogens with zero attached hydrogens (tertiary/aromatic N) is 4. The highest BCUT2D eigenvalue weighted by atomic mass is 19.1. The number of carbonyl (C=O) groups excluding carboxylic acids is 3. The Morgan fingerprint density at radius 1 is 0.907 bits per heavy atom. The maximum Gasteiger partial charge on any atom is 0.253 e. The number of fused-ring (bicyclic) bond motifs is 2. The number of amides is 1. The predicted molar refractivity (Wildman–Crippen MR) is 163 cm³/mol. The third-order valence-electron chi connectivity index (χ3n) is 8.64. The number of halogens is 1. The van der Waals surface area contributed by atoms with Gasteiger partial charge in [-0.15, -0.1) is 0 Å². The van der Waals surface area contributed by atoms with Crippen molar-refractivity contribution in [2.24, 2.45) is 20.8 Å². The second-order valence-corrected chi connectivity index (χ2v) is 11.2. The second kappa shape index (κ2) is 12.8. The van der Waals surface area contributed by atoms with E-state index in [0.717, 1.165) is 46.2 Å². The van der Waals surface area contributed by atoms with Gasteiger partial charge in [-0.25, -0.2) is 19.0 Å². The van der Waals surface area contributed by atoms with Crippen molar-refractivity contribution in [1.29, 1.82) is 0 Å². The van der Waals surface area contributed by atoms with Crippen LogP contribution in [0.2, 0.25) is 0 Å². The van der Waals surface area contributed by atoms with Crippen LogP contribution in [0.25, 0.3) is 0 Å². The summed E-state index contributed by atoms with van der Waals surface area (Å²) < 4.78 is 13.7. The first-order chi connectivity index (χ1) is 20.8. The summed E-state index contributed by atoms with van der Waals surface area (Å²) in [6.45, 7) is 4.24. The largest absolute Gasteiger partial charge is 0.330 e. The Kier molecular flexibility index (Phi) is 8.88. The van der Waals surface area contributed by atoms with E-state index in [9.17, 15) is 18.8 Å². The van der Waals surface area contributed by atoms with Gasteiger partial charge in [-0.3, -0.25) is 4.79 Å². The summed E-state index contributed by atoms with van der Waals surface area (Å²) in [7, 11) is 0. The van der Waals surface area contributed by atoms with Gasteiger partial charge in [-0.2, -0.15) is 15.1 Å². The number of benzene rings is 3. The molecule has 220 valence electrons. The summed E-state index contributed by atoms with van der Waals surface area (Å²) in [6.07, 6.45) is 7.10. The van der Waals surface area contributed by atoms with Gasteiger partial charge in [-0.1, -0.05) is 42.8 Å². The number of carbonyl (C=O) groups is 1. The quantitative estimate of drug-likeness (QED) is 0.182. The highest BCUT2D eigenvalue weighted by molar-refractivity contribution is 6.18.